The third-order valence-corrected chi connectivity index (χ3v) is 3.34. The first-order valence-corrected chi connectivity index (χ1v) is 6.93. The SMILES string of the molecule is CCCn1ncc(OC)c1C(NN)c1cc(C)cc(F)c1. The Morgan fingerprint density at radius 3 is 2.76 bits per heavy atom. The van der Waals surface area contributed by atoms with Gasteiger partial charge in [0.1, 0.15) is 11.5 Å². The van der Waals surface area contributed by atoms with Crippen LogP contribution in [0, 0.1) is 12.7 Å². The van der Waals surface area contributed by atoms with E-state index in [1.54, 1.807) is 13.3 Å². The number of rotatable bonds is 6. The van der Waals surface area contributed by atoms with Gasteiger partial charge in [-0.05, 0) is 36.6 Å². The second kappa shape index (κ2) is 6.69. The average molecular weight is 292 g/mol. The number of nitrogens with one attached hydrogen (secondary N) is 1. The van der Waals surface area contributed by atoms with Crippen LogP contribution in [0.1, 0.15) is 36.2 Å². The van der Waals surface area contributed by atoms with Gasteiger partial charge in [0.05, 0.1) is 19.3 Å². The second-order valence-corrected chi connectivity index (χ2v) is 4.98. The summed E-state index contributed by atoms with van der Waals surface area (Å²) in [7, 11) is 1.58. The summed E-state index contributed by atoms with van der Waals surface area (Å²) in [4.78, 5) is 0. The Kier molecular flexibility index (Phi) is 4.93. The molecule has 1 atom stereocenters. The molecule has 0 aliphatic rings. The van der Waals surface area contributed by atoms with Gasteiger partial charge < -0.3 is 4.74 Å². The second-order valence-electron chi connectivity index (χ2n) is 4.98. The number of aryl methyl sites for hydroxylation is 2. The van der Waals surface area contributed by atoms with Crippen LogP contribution in [-0.4, -0.2) is 16.9 Å². The number of halogens is 1. The fraction of sp³-hybridized carbons (Fsp3) is 0.400. The van der Waals surface area contributed by atoms with Crippen LogP contribution in [0.2, 0.25) is 0 Å². The third kappa shape index (κ3) is 3.22. The van der Waals surface area contributed by atoms with Crippen molar-refractivity contribution in [2.24, 2.45) is 5.84 Å². The van der Waals surface area contributed by atoms with Crippen LogP contribution in [0.25, 0.3) is 0 Å². The van der Waals surface area contributed by atoms with Gasteiger partial charge in [-0.25, -0.2) is 9.82 Å². The average Bonchev–Trinajstić information content (AvgIpc) is 2.82. The van der Waals surface area contributed by atoms with Crippen LogP contribution in [0.3, 0.4) is 0 Å². The van der Waals surface area contributed by atoms with Crippen molar-refractivity contribution in [1.82, 2.24) is 15.2 Å². The fourth-order valence-electron chi connectivity index (χ4n) is 2.48. The van der Waals surface area contributed by atoms with Crippen molar-refractivity contribution in [2.45, 2.75) is 32.9 Å². The highest BCUT2D eigenvalue weighted by atomic mass is 19.1. The van der Waals surface area contributed by atoms with Crippen molar-refractivity contribution in [1.29, 1.82) is 0 Å². The lowest BCUT2D eigenvalue weighted by atomic mass is 10.0. The van der Waals surface area contributed by atoms with Gasteiger partial charge in [0.15, 0.2) is 5.75 Å². The highest BCUT2D eigenvalue weighted by molar-refractivity contribution is 5.38. The smallest absolute Gasteiger partial charge is 0.161 e. The molecule has 2 rings (SSSR count). The predicted octanol–water partition coefficient (Wildman–Crippen LogP) is 2.30. The number of hydrogen-bond acceptors (Lipinski definition) is 4. The first kappa shape index (κ1) is 15.5. The Morgan fingerprint density at radius 1 is 1.43 bits per heavy atom. The molecule has 0 bridgehead atoms. The molecular weight excluding hydrogens is 271 g/mol. The highest BCUT2D eigenvalue weighted by Gasteiger charge is 2.23. The molecule has 0 radical (unpaired) electrons. The number of hydrazine groups is 1. The lowest BCUT2D eigenvalue weighted by Crippen LogP contribution is -2.31. The number of nitrogens with zero attached hydrogens (tertiary/aromatic N) is 2. The zero-order valence-corrected chi connectivity index (χ0v) is 12.6. The minimum Gasteiger partial charge on any atom is -0.493 e. The molecule has 0 spiro atoms. The standard InChI is InChI=1S/C15H21FN4O/c1-4-5-20-15(13(21-3)9-18-20)14(19-17)11-6-10(2)7-12(16)8-11/h6-9,14,19H,4-5,17H2,1-3H3. The Balaban J connectivity index is 2.52. The maximum absolute atomic E-state index is 13.7. The van der Waals surface area contributed by atoms with Gasteiger partial charge in [-0.1, -0.05) is 13.0 Å². The molecule has 1 aromatic carbocycles. The zero-order valence-electron chi connectivity index (χ0n) is 12.6. The summed E-state index contributed by atoms with van der Waals surface area (Å²) in [5, 5.41) is 4.32. The largest absolute Gasteiger partial charge is 0.493 e. The van der Waals surface area contributed by atoms with Crippen LogP contribution in [0.4, 0.5) is 4.39 Å². The van der Waals surface area contributed by atoms with E-state index in [-0.39, 0.29) is 11.9 Å². The quantitative estimate of drug-likeness (QED) is 0.633. The lowest BCUT2D eigenvalue weighted by molar-refractivity contribution is 0.398. The van der Waals surface area contributed by atoms with Crippen molar-refractivity contribution in [3.63, 3.8) is 0 Å². The number of ether oxygens (including phenoxy) is 1. The molecule has 5 nitrogen and oxygen atoms in total. The monoisotopic (exact) mass is 292 g/mol. The molecule has 0 amide bonds. The molecule has 1 unspecified atom stereocenters. The van der Waals surface area contributed by atoms with Crippen molar-refractivity contribution >= 4 is 0 Å². The normalized spacial score (nSPS) is 12.4. The molecule has 0 fully saturated rings. The maximum atomic E-state index is 13.7. The van der Waals surface area contributed by atoms with E-state index in [2.05, 4.69) is 17.4 Å². The summed E-state index contributed by atoms with van der Waals surface area (Å²) >= 11 is 0. The molecule has 6 heteroatoms. The first-order valence-electron chi connectivity index (χ1n) is 6.93. The van der Waals surface area contributed by atoms with Gasteiger partial charge >= 0.3 is 0 Å². The number of methoxy groups -OCH3 is 1. The van der Waals surface area contributed by atoms with Crippen molar-refractivity contribution < 1.29 is 9.13 Å². The Labute approximate surface area is 123 Å². The van der Waals surface area contributed by atoms with Crippen LogP contribution >= 0.6 is 0 Å². The van der Waals surface area contributed by atoms with Crippen molar-refractivity contribution in [2.75, 3.05) is 7.11 Å². The van der Waals surface area contributed by atoms with E-state index in [1.807, 2.05) is 17.7 Å². The van der Waals surface area contributed by atoms with Gasteiger partial charge in [-0.15, -0.1) is 0 Å². The van der Waals surface area contributed by atoms with Crippen molar-refractivity contribution in [3.8, 4) is 5.75 Å². The van der Waals surface area contributed by atoms with Crippen LogP contribution < -0.4 is 16.0 Å². The van der Waals surface area contributed by atoms with E-state index in [1.165, 1.54) is 12.1 Å². The number of nitrogens with two attached hydrogens (primary N) is 1. The molecule has 1 aromatic heterocycles. The molecule has 2 aromatic rings. The van der Waals surface area contributed by atoms with Crippen LogP contribution in [-0.2, 0) is 6.54 Å². The number of aromatic nitrogens is 2. The van der Waals surface area contributed by atoms with Gasteiger partial charge in [-0.2, -0.15) is 5.10 Å². The van der Waals surface area contributed by atoms with E-state index in [0.29, 0.717) is 5.75 Å². The molecule has 3 N–H and O–H groups in total. The summed E-state index contributed by atoms with van der Waals surface area (Å²) in [6.07, 6.45) is 2.58. The highest BCUT2D eigenvalue weighted by Crippen LogP contribution is 2.30. The van der Waals surface area contributed by atoms with E-state index >= 15 is 0 Å². The van der Waals surface area contributed by atoms with E-state index in [0.717, 1.165) is 29.8 Å². The number of benzene rings is 1. The molecular formula is C15H21FN4O. The van der Waals surface area contributed by atoms with Gasteiger partial charge in [0.25, 0.3) is 0 Å². The van der Waals surface area contributed by atoms with Crippen LogP contribution in [0.15, 0.2) is 24.4 Å². The first-order chi connectivity index (χ1) is 10.1. The number of hydrogen-bond donors (Lipinski definition) is 2. The minimum absolute atomic E-state index is 0.286. The van der Waals surface area contributed by atoms with Gasteiger partial charge in [-0.3, -0.25) is 10.5 Å². The fourth-order valence-corrected chi connectivity index (χ4v) is 2.48. The Hall–Kier alpha value is -1.92. The molecule has 21 heavy (non-hydrogen) atoms. The van der Waals surface area contributed by atoms with Gasteiger partial charge in [0.2, 0.25) is 0 Å². The van der Waals surface area contributed by atoms with Gasteiger partial charge in [0, 0.05) is 6.54 Å². The Bertz CT molecular complexity index is 591. The molecule has 0 aliphatic heterocycles. The summed E-state index contributed by atoms with van der Waals surface area (Å²) in [6.45, 7) is 4.65. The molecule has 114 valence electrons. The lowest BCUT2D eigenvalue weighted by Gasteiger charge is -2.20. The zero-order chi connectivity index (χ0) is 15.4. The summed E-state index contributed by atoms with van der Waals surface area (Å²) < 4.78 is 20.9. The third-order valence-electron chi connectivity index (χ3n) is 3.34. The van der Waals surface area contributed by atoms with E-state index in [9.17, 15) is 4.39 Å². The molecule has 0 saturated carbocycles. The van der Waals surface area contributed by atoms with E-state index < -0.39 is 0 Å². The summed E-state index contributed by atoms with van der Waals surface area (Å²) in [6, 6.07) is 4.47. The van der Waals surface area contributed by atoms with Crippen molar-refractivity contribution in [3.05, 3.63) is 47.0 Å². The molecule has 0 saturated heterocycles. The minimum atomic E-state index is -0.386. The topological polar surface area (TPSA) is 65.1 Å². The summed E-state index contributed by atoms with van der Waals surface area (Å²) in [5.74, 6) is 6.06. The predicted molar refractivity (Wildman–Crippen MR) is 79.4 cm³/mol. The summed E-state index contributed by atoms with van der Waals surface area (Å²) in [5.41, 5.74) is 5.12. The Morgan fingerprint density at radius 2 is 2.19 bits per heavy atom. The van der Waals surface area contributed by atoms with Crippen LogP contribution in [0.5, 0.6) is 5.75 Å². The maximum Gasteiger partial charge on any atom is 0.161 e. The molecule has 0 aliphatic carbocycles. The molecule has 1 heterocycles. The van der Waals surface area contributed by atoms with E-state index in [4.69, 9.17) is 10.6 Å².